The molecule has 0 unspecified atom stereocenters. The summed E-state index contributed by atoms with van der Waals surface area (Å²) in [5.41, 5.74) is 6.29. The minimum atomic E-state index is 0.144. The van der Waals surface area contributed by atoms with Crippen LogP contribution >= 0.6 is 0 Å². The third-order valence-corrected chi connectivity index (χ3v) is 9.85. The normalized spacial score (nSPS) is 31.6. The number of rotatable bonds is 6. The quantitative estimate of drug-likeness (QED) is 0.514. The van der Waals surface area contributed by atoms with Gasteiger partial charge < -0.3 is 19.3 Å². The summed E-state index contributed by atoms with van der Waals surface area (Å²) in [6.07, 6.45) is 5.28. The Morgan fingerprint density at radius 2 is 1.78 bits per heavy atom. The van der Waals surface area contributed by atoms with E-state index in [2.05, 4.69) is 49.1 Å². The highest BCUT2D eigenvalue weighted by atomic mass is 16.5. The van der Waals surface area contributed by atoms with E-state index < -0.39 is 0 Å². The van der Waals surface area contributed by atoms with Gasteiger partial charge in [-0.2, -0.15) is 9.50 Å². The van der Waals surface area contributed by atoms with Gasteiger partial charge in [-0.05, 0) is 68.6 Å². The van der Waals surface area contributed by atoms with Crippen molar-refractivity contribution < 1.29 is 9.47 Å². The first kappa shape index (κ1) is 22.3. The molecule has 0 amide bonds. The maximum Gasteiger partial charge on any atom is 0.253 e. The topological polar surface area (TPSA) is 68.0 Å². The summed E-state index contributed by atoms with van der Waals surface area (Å²) in [6.45, 7) is 13.6. The van der Waals surface area contributed by atoms with E-state index >= 15 is 0 Å². The Bertz CT molecular complexity index is 1370. The summed E-state index contributed by atoms with van der Waals surface area (Å²) < 4.78 is 13.7. The lowest BCUT2D eigenvalue weighted by Gasteiger charge is -2.73. The van der Waals surface area contributed by atoms with E-state index in [9.17, 15) is 0 Å². The van der Waals surface area contributed by atoms with Crippen LogP contribution in [0, 0.1) is 31.6 Å². The van der Waals surface area contributed by atoms with Crippen LogP contribution in [0.15, 0.2) is 24.3 Å². The molecule has 3 saturated heterocycles. The fourth-order valence-electron chi connectivity index (χ4n) is 8.22. The summed E-state index contributed by atoms with van der Waals surface area (Å²) >= 11 is 0. The fourth-order valence-corrected chi connectivity index (χ4v) is 8.22. The van der Waals surface area contributed by atoms with E-state index in [4.69, 9.17) is 9.47 Å². The molecule has 3 aliphatic carbocycles. The predicted molar refractivity (Wildman–Crippen MR) is 140 cm³/mol. The van der Waals surface area contributed by atoms with Crippen molar-refractivity contribution in [1.29, 1.82) is 0 Å². The first-order chi connectivity index (χ1) is 17.8. The van der Waals surface area contributed by atoms with E-state index in [0.29, 0.717) is 22.0 Å². The number of likely N-dealkylation sites (tertiary alicyclic amines) is 1. The van der Waals surface area contributed by atoms with Gasteiger partial charge in [0.1, 0.15) is 11.9 Å². The van der Waals surface area contributed by atoms with Crippen LogP contribution < -0.4 is 9.64 Å². The predicted octanol–water partition coefficient (Wildman–Crippen LogP) is 3.46. The van der Waals surface area contributed by atoms with Crippen molar-refractivity contribution in [3.8, 4) is 5.75 Å². The van der Waals surface area contributed by atoms with Crippen LogP contribution in [0.5, 0.6) is 5.75 Å². The van der Waals surface area contributed by atoms with E-state index in [1.165, 1.54) is 44.6 Å². The molecule has 0 N–H and O–H groups in total. The highest BCUT2D eigenvalue weighted by Gasteiger charge is 2.69. The van der Waals surface area contributed by atoms with Crippen LogP contribution in [-0.2, 0) is 10.2 Å². The smallest absolute Gasteiger partial charge is 0.253 e. The number of fused-ring (bicyclic) bond motifs is 1. The molecule has 0 radical (unpaired) electrons. The summed E-state index contributed by atoms with van der Waals surface area (Å²) in [5.74, 6) is 2.21. The second-order valence-corrected chi connectivity index (χ2v) is 13.0. The van der Waals surface area contributed by atoms with Gasteiger partial charge in [0.15, 0.2) is 5.75 Å². The molecule has 3 aromatic rings. The molecule has 2 aromatic heterocycles. The Hall–Kier alpha value is -2.71. The minimum absolute atomic E-state index is 0.144. The van der Waals surface area contributed by atoms with Gasteiger partial charge in [-0.15, -0.1) is 5.10 Å². The van der Waals surface area contributed by atoms with Gasteiger partial charge in [-0.1, -0.05) is 12.1 Å². The van der Waals surface area contributed by atoms with Crippen molar-refractivity contribution in [2.45, 2.75) is 58.0 Å². The third kappa shape index (κ3) is 3.31. The average Bonchev–Trinajstić information content (AvgIpc) is 3.39. The molecule has 1 aromatic carbocycles. The number of aromatic nitrogens is 4. The molecule has 194 valence electrons. The Labute approximate surface area is 218 Å². The molecule has 1 atom stereocenters. The molecule has 8 heteroatoms. The zero-order valence-electron chi connectivity index (χ0n) is 22.2. The van der Waals surface area contributed by atoms with E-state index in [1.54, 1.807) is 10.1 Å². The maximum atomic E-state index is 6.49. The molecule has 5 heterocycles. The molecular weight excluding hydrogens is 464 g/mol. The lowest BCUT2D eigenvalue weighted by Crippen LogP contribution is -2.73. The molecule has 6 aliphatic rings. The molecule has 3 aliphatic heterocycles. The maximum absolute atomic E-state index is 6.49. The van der Waals surface area contributed by atoms with Crippen LogP contribution in [0.4, 0.5) is 5.69 Å². The van der Waals surface area contributed by atoms with E-state index in [0.717, 1.165) is 55.7 Å². The minimum Gasteiger partial charge on any atom is -0.485 e. The van der Waals surface area contributed by atoms with Gasteiger partial charge in [0.2, 0.25) is 0 Å². The van der Waals surface area contributed by atoms with Crippen molar-refractivity contribution in [2.24, 2.45) is 10.8 Å². The highest BCUT2D eigenvalue weighted by molar-refractivity contribution is 5.52. The van der Waals surface area contributed by atoms with Gasteiger partial charge in [0, 0.05) is 43.7 Å². The van der Waals surface area contributed by atoms with Gasteiger partial charge in [-0.3, -0.25) is 0 Å². The van der Waals surface area contributed by atoms with Crippen molar-refractivity contribution >= 4 is 11.5 Å². The Morgan fingerprint density at radius 1 is 1.03 bits per heavy atom. The lowest BCUT2D eigenvalue weighted by atomic mass is 9.33. The molecule has 6 fully saturated rings. The summed E-state index contributed by atoms with van der Waals surface area (Å²) in [5, 5.41) is 4.48. The molecular formula is C29H36N6O2. The molecule has 9 rings (SSSR count). The number of aryl methyl sites for hydroxylation is 3. The summed E-state index contributed by atoms with van der Waals surface area (Å²) in [4.78, 5) is 14.2. The van der Waals surface area contributed by atoms with Crippen LogP contribution in [0.2, 0.25) is 0 Å². The first-order valence-corrected chi connectivity index (χ1v) is 13.9. The second-order valence-electron chi connectivity index (χ2n) is 13.0. The number of anilines is 1. The largest absolute Gasteiger partial charge is 0.485 e. The Balaban J connectivity index is 0.886. The Morgan fingerprint density at radius 3 is 2.49 bits per heavy atom. The second kappa shape index (κ2) is 7.44. The van der Waals surface area contributed by atoms with Gasteiger partial charge >= 0.3 is 0 Å². The number of hydrogen-bond donors (Lipinski definition) is 0. The fraction of sp³-hybridized carbons (Fsp3) is 0.621. The van der Waals surface area contributed by atoms with E-state index in [-0.39, 0.29) is 6.10 Å². The zero-order chi connectivity index (χ0) is 25.0. The van der Waals surface area contributed by atoms with Gasteiger partial charge in [0.05, 0.1) is 31.1 Å². The summed E-state index contributed by atoms with van der Waals surface area (Å²) in [7, 11) is 0. The van der Waals surface area contributed by atoms with Gasteiger partial charge in [0.25, 0.3) is 5.78 Å². The van der Waals surface area contributed by atoms with Crippen molar-refractivity contribution in [3.63, 3.8) is 0 Å². The van der Waals surface area contributed by atoms with Crippen molar-refractivity contribution in [3.05, 3.63) is 47.0 Å². The first-order valence-electron chi connectivity index (χ1n) is 13.9. The number of nitrogens with zero attached hydrogens (tertiary/aromatic N) is 6. The SMILES string of the molecule is Cc1nc2nc(C)c(O[C@@H]3CCN(c4ccc(C56CC(CN7CC8(COC8)C7)(C5)C6)cc4)C3)c(C)n2n1. The third-order valence-electron chi connectivity index (χ3n) is 9.85. The molecule has 37 heavy (non-hydrogen) atoms. The summed E-state index contributed by atoms with van der Waals surface area (Å²) in [6, 6.07) is 9.47. The average molecular weight is 501 g/mol. The molecule has 3 saturated carbocycles. The zero-order valence-corrected chi connectivity index (χ0v) is 22.2. The monoisotopic (exact) mass is 500 g/mol. The van der Waals surface area contributed by atoms with Crippen LogP contribution in [0.25, 0.3) is 5.78 Å². The lowest BCUT2D eigenvalue weighted by molar-refractivity contribution is -0.223. The van der Waals surface area contributed by atoms with Gasteiger partial charge in [-0.25, -0.2) is 4.98 Å². The van der Waals surface area contributed by atoms with Crippen LogP contribution in [0.3, 0.4) is 0 Å². The number of hydrogen-bond acceptors (Lipinski definition) is 7. The van der Waals surface area contributed by atoms with Crippen molar-refractivity contribution in [2.75, 3.05) is 50.8 Å². The Kier molecular flexibility index (Phi) is 4.48. The highest BCUT2D eigenvalue weighted by Crippen LogP contribution is 2.74. The van der Waals surface area contributed by atoms with Crippen LogP contribution in [-0.4, -0.2) is 76.5 Å². The van der Waals surface area contributed by atoms with Crippen LogP contribution in [0.1, 0.15) is 48.5 Å². The standard InChI is InChI=1S/C29H36N6O2/c1-19-25(20(2)35-26(30-19)31-21(3)32-35)37-24-8-9-34(10-24)23-6-4-22(5-7-23)29-11-27(12-29,13-29)14-33-15-28(16-33)17-36-18-28/h4-7,24H,8-18H2,1-3H3/t24-,27?,29?/m1/s1. The van der Waals surface area contributed by atoms with E-state index in [1.807, 2.05) is 20.8 Å². The molecule has 2 bridgehead atoms. The molecule has 1 spiro atoms. The number of ether oxygens (including phenoxy) is 2. The van der Waals surface area contributed by atoms with Crippen molar-refractivity contribution in [1.82, 2.24) is 24.5 Å². The molecule has 8 nitrogen and oxygen atoms in total. The number of benzene rings is 1.